The van der Waals surface area contributed by atoms with E-state index in [1.807, 2.05) is 19.9 Å². The quantitative estimate of drug-likeness (QED) is 0.737. The number of aryl methyl sites for hydroxylation is 2. The molecule has 0 radical (unpaired) electrons. The third-order valence-corrected chi connectivity index (χ3v) is 3.59. The molecule has 0 saturated carbocycles. The van der Waals surface area contributed by atoms with Gasteiger partial charge >= 0.3 is 0 Å². The van der Waals surface area contributed by atoms with E-state index in [2.05, 4.69) is 15.1 Å². The van der Waals surface area contributed by atoms with E-state index >= 15 is 0 Å². The van der Waals surface area contributed by atoms with Crippen LogP contribution in [0.4, 0.5) is 4.39 Å². The van der Waals surface area contributed by atoms with Gasteiger partial charge in [-0.25, -0.2) is 13.9 Å². The number of H-pyrrole nitrogens is 1. The topological polar surface area (TPSA) is 46.0 Å². The molecule has 3 rings (SSSR count). The number of aromatic amines is 1. The van der Waals surface area contributed by atoms with Gasteiger partial charge in [-0.1, -0.05) is 18.2 Å². The summed E-state index contributed by atoms with van der Waals surface area (Å²) < 4.78 is 15.9. The Bertz CT molecular complexity index is 850. The molecule has 0 aliphatic heterocycles. The molecule has 1 aromatic carbocycles. The van der Waals surface area contributed by atoms with Gasteiger partial charge in [-0.3, -0.25) is 5.10 Å². The fourth-order valence-electron chi connectivity index (χ4n) is 2.32. The summed E-state index contributed by atoms with van der Waals surface area (Å²) in [5.41, 5.74) is 3.41. The summed E-state index contributed by atoms with van der Waals surface area (Å²) >= 11 is 5.02. The minimum Gasteiger partial charge on any atom is -0.265 e. The van der Waals surface area contributed by atoms with Crippen molar-refractivity contribution in [2.45, 2.75) is 20.3 Å². The molecule has 0 saturated heterocycles. The van der Waals surface area contributed by atoms with E-state index in [1.165, 1.54) is 6.07 Å². The summed E-state index contributed by atoms with van der Waals surface area (Å²) in [7, 11) is 0. The molecular weight excluding hydrogens is 275 g/mol. The number of nitrogens with zero attached hydrogens (tertiary/aromatic N) is 3. The van der Waals surface area contributed by atoms with Gasteiger partial charge in [-0.05, 0) is 43.3 Å². The fraction of sp³-hybridized carbons (Fsp3) is 0.214. The van der Waals surface area contributed by atoms with Gasteiger partial charge in [0.2, 0.25) is 4.77 Å². The zero-order valence-electron chi connectivity index (χ0n) is 11.1. The van der Waals surface area contributed by atoms with Crippen molar-refractivity contribution in [3.63, 3.8) is 0 Å². The minimum atomic E-state index is -0.204. The van der Waals surface area contributed by atoms with Crippen LogP contribution in [0, 0.1) is 24.4 Å². The van der Waals surface area contributed by atoms with Crippen LogP contribution >= 0.6 is 12.2 Å². The van der Waals surface area contributed by atoms with Gasteiger partial charge in [0.05, 0.1) is 0 Å². The monoisotopic (exact) mass is 288 g/mol. The molecule has 2 aromatic heterocycles. The largest absolute Gasteiger partial charge is 0.265 e. The molecule has 0 fully saturated rings. The number of rotatable bonds is 2. The number of aromatic nitrogens is 4. The average Bonchev–Trinajstić information content (AvgIpc) is 2.77. The Morgan fingerprint density at radius 1 is 1.25 bits per heavy atom. The molecule has 6 heteroatoms. The molecule has 0 aliphatic rings. The van der Waals surface area contributed by atoms with E-state index in [0.29, 0.717) is 22.5 Å². The molecule has 1 N–H and O–H groups in total. The number of halogens is 1. The fourth-order valence-corrected chi connectivity index (χ4v) is 2.50. The molecule has 0 unspecified atom stereocenters. The van der Waals surface area contributed by atoms with Crippen LogP contribution in [0.3, 0.4) is 0 Å². The normalized spacial score (nSPS) is 11.2. The Hall–Kier alpha value is -2.08. The predicted molar refractivity (Wildman–Crippen MR) is 76.9 cm³/mol. The first kappa shape index (κ1) is 12.9. The number of hydrogen-bond acceptors (Lipinski definition) is 3. The first-order valence-electron chi connectivity index (χ1n) is 6.24. The van der Waals surface area contributed by atoms with Gasteiger partial charge in [-0.2, -0.15) is 4.98 Å². The van der Waals surface area contributed by atoms with E-state index in [-0.39, 0.29) is 5.82 Å². The lowest BCUT2D eigenvalue weighted by atomic mass is 10.0. The molecule has 0 amide bonds. The third kappa shape index (κ3) is 2.12. The van der Waals surface area contributed by atoms with Gasteiger partial charge < -0.3 is 0 Å². The third-order valence-electron chi connectivity index (χ3n) is 3.41. The zero-order chi connectivity index (χ0) is 14.3. The van der Waals surface area contributed by atoms with Crippen molar-refractivity contribution in [3.05, 3.63) is 57.4 Å². The average molecular weight is 288 g/mol. The van der Waals surface area contributed by atoms with E-state index in [4.69, 9.17) is 12.2 Å². The second kappa shape index (κ2) is 4.79. The van der Waals surface area contributed by atoms with Crippen LogP contribution < -0.4 is 0 Å². The summed E-state index contributed by atoms with van der Waals surface area (Å²) in [4.78, 5) is 8.55. The highest BCUT2D eigenvalue weighted by molar-refractivity contribution is 7.71. The maximum atomic E-state index is 13.8. The van der Waals surface area contributed by atoms with Crippen LogP contribution in [0.25, 0.3) is 5.78 Å². The Balaban J connectivity index is 2.16. The van der Waals surface area contributed by atoms with Crippen molar-refractivity contribution in [1.82, 2.24) is 19.6 Å². The Kier molecular flexibility index (Phi) is 3.10. The molecule has 0 spiro atoms. The minimum absolute atomic E-state index is 0.204. The van der Waals surface area contributed by atoms with Crippen molar-refractivity contribution < 1.29 is 4.39 Å². The Labute approximate surface area is 120 Å². The number of benzene rings is 1. The van der Waals surface area contributed by atoms with Crippen LogP contribution in [-0.2, 0) is 6.42 Å². The lowest BCUT2D eigenvalue weighted by Crippen LogP contribution is -2.07. The van der Waals surface area contributed by atoms with Crippen molar-refractivity contribution >= 4 is 18.0 Å². The van der Waals surface area contributed by atoms with Crippen molar-refractivity contribution in [2.75, 3.05) is 0 Å². The van der Waals surface area contributed by atoms with Gasteiger partial charge in [0.15, 0.2) is 0 Å². The SMILES string of the molecule is Cc1nc2nc(=S)[nH]n2c(C)c1Cc1ccccc1F. The predicted octanol–water partition coefficient (Wildman–Crippen LogP) is 3.13. The van der Waals surface area contributed by atoms with Crippen LogP contribution in [0.1, 0.15) is 22.5 Å². The van der Waals surface area contributed by atoms with E-state index < -0.39 is 0 Å². The lowest BCUT2D eigenvalue weighted by molar-refractivity contribution is 0.613. The number of nitrogens with one attached hydrogen (secondary N) is 1. The van der Waals surface area contributed by atoms with Crippen LogP contribution in [0.2, 0.25) is 0 Å². The van der Waals surface area contributed by atoms with E-state index in [9.17, 15) is 4.39 Å². The molecule has 3 aromatic rings. The molecule has 0 atom stereocenters. The summed E-state index contributed by atoms with van der Waals surface area (Å²) in [6, 6.07) is 6.78. The van der Waals surface area contributed by atoms with Gasteiger partial charge in [0.1, 0.15) is 5.82 Å². The summed E-state index contributed by atoms with van der Waals surface area (Å²) in [6.45, 7) is 3.85. The van der Waals surface area contributed by atoms with Crippen molar-refractivity contribution in [1.29, 1.82) is 0 Å². The molecule has 102 valence electrons. The number of hydrogen-bond donors (Lipinski definition) is 1. The van der Waals surface area contributed by atoms with Gasteiger partial charge in [0.25, 0.3) is 5.78 Å². The number of fused-ring (bicyclic) bond motifs is 1. The van der Waals surface area contributed by atoms with Gasteiger partial charge in [-0.15, -0.1) is 0 Å². The first-order chi connectivity index (χ1) is 9.56. The van der Waals surface area contributed by atoms with Crippen LogP contribution in [-0.4, -0.2) is 19.6 Å². The molecule has 20 heavy (non-hydrogen) atoms. The highest BCUT2D eigenvalue weighted by atomic mass is 32.1. The molecule has 4 nitrogen and oxygen atoms in total. The first-order valence-corrected chi connectivity index (χ1v) is 6.65. The smallest absolute Gasteiger partial charge is 0.252 e. The van der Waals surface area contributed by atoms with Crippen molar-refractivity contribution in [3.8, 4) is 0 Å². The highest BCUT2D eigenvalue weighted by Crippen LogP contribution is 2.19. The van der Waals surface area contributed by atoms with Gasteiger partial charge in [0, 0.05) is 17.8 Å². The Morgan fingerprint density at radius 3 is 2.75 bits per heavy atom. The summed E-state index contributed by atoms with van der Waals surface area (Å²) in [6.07, 6.45) is 0.492. The second-order valence-electron chi connectivity index (χ2n) is 4.69. The maximum Gasteiger partial charge on any atom is 0.252 e. The summed E-state index contributed by atoms with van der Waals surface area (Å²) in [5, 5.41) is 2.96. The molecule has 2 heterocycles. The molecular formula is C14H13FN4S. The molecule has 0 bridgehead atoms. The standard InChI is InChI=1S/C14H13FN4S/c1-8-11(7-10-5-3-4-6-12(10)15)9(2)19-13(16-8)17-14(20)18-19/h3-6H,7H2,1-2H3,(H,18,20). The van der Waals surface area contributed by atoms with Crippen molar-refractivity contribution in [2.24, 2.45) is 0 Å². The zero-order valence-corrected chi connectivity index (χ0v) is 12.0. The lowest BCUT2D eigenvalue weighted by Gasteiger charge is -2.11. The van der Waals surface area contributed by atoms with Crippen LogP contribution in [0.5, 0.6) is 0 Å². The Morgan fingerprint density at radius 2 is 2.00 bits per heavy atom. The summed E-state index contributed by atoms with van der Waals surface area (Å²) in [5.74, 6) is 0.340. The van der Waals surface area contributed by atoms with E-state index in [1.54, 1.807) is 16.6 Å². The molecule has 0 aliphatic carbocycles. The maximum absolute atomic E-state index is 13.8. The second-order valence-corrected chi connectivity index (χ2v) is 5.08. The highest BCUT2D eigenvalue weighted by Gasteiger charge is 2.13. The van der Waals surface area contributed by atoms with E-state index in [0.717, 1.165) is 17.0 Å². The van der Waals surface area contributed by atoms with Crippen LogP contribution in [0.15, 0.2) is 24.3 Å².